The lowest BCUT2D eigenvalue weighted by molar-refractivity contribution is -0.141. The van der Waals surface area contributed by atoms with E-state index in [0.717, 1.165) is 42.8 Å². The topological polar surface area (TPSA) is 26.3 Å². The Bertz CT molecular complexity index is 635. The normalized spacial score (nSPS) is 25.7. The maximum Gasteiger partial charge on any atom is 0.314 e. The number of hydrogen-bond acceptors (Lipinski definition) is 2. The minimum absolute atomic E-state index is 0.00947. The smallest absolute Gasteiger partial charge is 0.314 e. The minimum Gasteiger partial charge on any atom is -0.426 e. The third-order valence-corrected chi connectivity index (χ3v) is 7.98. The molecule has 0 spiro atoms. The molecule has 0 saturated heterocycles. The second-order valence-electron chi connectivity index (χ2n) is 10.4. The predicted molar refractivity (Wildman–Crippen MR) is 130 cm³/mol. The number of fused-ring (bicyclic) bond motifs is 1. The van der Waals surface area contributed by atoms with Crippen LogP contribution in [-0.2, 0) is 11.2 Å². The van der Waals surface area contributed by atoms with Gasteiger partial charge in [0.25, 0.3) is 0 Å². The lowest BCUT2D eigenvalue weighted by Crippen LogP contribution is -2.35. The van der Waals surface area contributed by atoms with Gasteiger partial charge in [0.15, 0.2) is 0 Å². The highest BCUT2D eigenvalue weighted by molar-refractivity contribution is 5.75. The van der Waals surface area contributed by atoms with E-state index in [1.54, 1.807) is 0 Å². The van der Waals surface area contributed by atoms with E-state index in [9.17, 15) is 4.79 Å². The molecule has 0 aliphatic heterocycles. The fourth-order valence-electron chi connectivity index (χ4n) is 6.00. The van der Waals surface area contributed by atoms with Crippen molar-refractivity contribution in [3.8, 4) is 5.75 Å². The number of unbranched alkanes of at least 4 members (excludes halogenated alkanes) is 6. The Morgan fingerprint density at radius 2 is 1.48 bits per heavy atom. The van der Waals surface area contributed by atoms with Gasteiger partial charge in [-0.3, -0.25) is 4.79 Å². The van der Waals surface area contributed by atoms with Crippen molar-refractivity contribution in [2.75, 3.05) is 0 Å². The van der Waals surface area contributed by atoms with E-state index in [0.29, 0.717) is 0 Å². The quantitative estimate of drug-likeness (QED) is 0.190. The molecule has 4 unspecified atom stereocenters. The van der Waals surface area contributed by atoms with E-state index >= 15 is 0 Å². The standard InChI is InChI=1S/C29H46O2/c1-3-5-7-8-10-12-24-13-16-26-22-27(18-17-25(26)21-24)29(30)31-28-19-14-23(15-20-28)11-9-6-4-2/h14-15,19-20,24-27H,3-13,16-18,21-22H2,1-2H3. The van der Waals surface area contributed by atoms with Crippen LogP contribution in [0.4, 0.5) is 0 Å². The average Bonchev–Trinajstić information content (AvgIpc) is 2.80. The Morgan fingerprint density at radius 1 is 0.806 bits per heavy atom. The summed E-state index contributed by atoms with van der Waals surface area (Å²) in [4.78, 5) is 12.8. The third kappa shape index (κ3) is 7.95. The SMILES string of the molecule is CCCCCCCC1CCC2CC(C(=O)Oc3ccc(CCCCC)cc3)CCC2C1. The summed E-state index contributed by atoms with van der Waals surface area (Å²) in [5, 5.41) is 0. The summed E-state index contributed by atoms with van der Waals surface area (Å²) in [6.07, 6.45) is 20.8. The number of aryl methyl sites for hydroxylation is 1. The molecule has 0 bridgehead atoms. The molecule has 2 saturated carbocycles. The van der Waals surface area contributed by atoms with Crippen LogP contribution < -0.4 is 4.74 Å². The summed E-state index contributed by atoms with van der Waals surface area (Å²) >= 11 is 0. The Hall–Kier alpha value is -1.31. The second kappa shape index (κ2) is 13.3. The highest BCUT2D eigenvalue weighted by Crippen LogP contribution is 2.46. The number of ether oxygens (including phenoxy) is 1. The zero-order chi connectivity index (χ0) is 21.9. The van der Waals surface area contributed by atoms with Crippen molar-refractivity contribution in [2.45, 2.75) is 117 Å². The van der Waals surface area contributed by atoms with Crippen LogP contribution in [0.25, 0.3) is 0 Å². The molecule has 1 aromatic rings. The van der Waals surface area contributed by atoms with E-state index in [1.807, 2.05) is 12.1 Å². The van der Waals surface area contributed by atoms with Crippen molar-refractivity contribution >= 4 is 5.97 Å². The van der Waals surface area contributed by atoms with Gasteiger partial charge < -0.3 is 4.74 Å². The van der Waals surface area contributed by atoms with Gasteiger partial charge in [-0.05, 0) is 80.4 Å². The van der Waals surface area contributed by atoms with Crippen LogP contribution in [0.3, 0.4) is 0 Å². The van der Waals surface area contributed by atoms with Gasteiger partial charge in [-0.25, -0.2) is 0 Å². The Morgan fingerprint density at radius 3 is 2.26 bits per heavy atom. The van der Waals surface area contributed by atoms with Crippen molar-refractivity contribution in [1.82, 2.24) is 0 Å². The molecule has 2 nitrogen and oxygen atoms in total. The summed E-state index contributed by atoms with van der Waals surface area (Å²) in [6.45, 7) is 4.52. The van der Waals surface area contributed by atoms with Crippen LogP contribution in [0.1, 0.15) is 116 Å². The van der Waals surface area contributed by atoms with Gasteiger partial charge in [0.1, 0.15) is 5.75 Å². The molecular formula is C29H46O2. The van der Waals surface area contributed by atoms with E-state index in [4.69, 9.17) is 4.74 Å². The molecular weight excluding hydrogens is 380 g/mol. The van der Waals surface area contributed by atoms with Crippen molar-refractivity contribution in [1.29, 1.82) is 0 Å². The summed E-state index contributed by atoms with van der Waals surface area (Å²) in [5.41, 5.74) is 1.34. The van der Waals surface area contributed by atoms with Crippen molar-refractivity contribution in [3.63, 3.8) is 0 Å². The van der Waals surface area contributed by atoms with Crippen LogP contribution in [0, 0.1) is 23.7 Å². The molecule has 0 heterocycles. The zero-order valence-corrected chi connectivity index (χ0v) is 20.2. The van der Waals surface area contributed by atoms with E-state index < -0.39 is 0 Å². The van der Waals surface area contributed by atoms with Gasteiger partial charge in [0.05, 0.1) is 5.92 Å². The number of benzene rings is 1. The fourth-order valence-corrected chi connectivity index (χ4v) is 6.00. The van der Waals surface area contributed by atoms with Gasteiger partial charge in [-0.1, -0.05) is 83.8 Å². The molecule has 31 heavy (non-hydrogen) atoms. The zero-order valence-electron chi connectivity index (χ0n) is 20.2. The van der Waals surface area contributed by atoms with Crippen molar-refractivity contribution in [2.24, 2.45) is 23.7 Å². The maximum atomic E-state index is 12.8. The van der Waals surface area contributed by atoms with Gasteiger partial charge >= 0.3 is 5.97 Å². The van der Waals surface area contributed by atoms with Gasteiger partial charge in [-0.15, -0.1) is 0 Å². The van der Waals surface area contributed by atoms with Crippen LogP contribution in [0.2, 0.25) is 0 Å². The lowest BCUT2D eigenvalue weighted by atomic mass is 9.64. The molecule has 3 rings (SSSR count). The van der Waals surface area contributed by atoms with E-state index in [2.05, 4.69) is 26.0 Å². The molecule has 174 valence electrons. The number of carbonyl (C=O) groups is 1. The first-order valence-electron chi connectivity index (χ1n) is 13.5. The van der Waals surface area contributed by atoms with Crippen LogP contribution >= 0.6 is 0 Å². The Labute approximate surface area is 191 Å². The molecule has 1 aromatic carbocycles. The number of rotatable bonds is 12. The Balaban J connectivity index is 1.38. The van der Waals surface area contributed by atoms with Gasteiger partial charge in [-0.2, -0.15) is 0 Å². The van der Waals surface area contributed by atoms with Crippen molar-refractivity contribution < 1.29 is 9.53 Å². The summed E-state index contributed by atoms with van der Waals surface area (Å²) in [7, 11) is 0. The molecule has 4 atom stereocenters. The molecule has 0 aromatic heterocycles. The third-order valence-electron chi connectivity index (χ3n) is 7.98. The maximum absolute atomic E-state index is 12.8. The molecule has 0 amide bonds. The molecule has 2 aliphatic carbocycles. The predicted octanol–water partition coefficient (Wildman–Crippen LogP) is 8.52. The van der Waals surface area contributed by atoms with Gasteiger partial charge in [0.2, 0.25) is 0 Å². The first kappa shape index (κ1) is 24.3. The lowest BCUT2D eigenvalue weighted by Gasteiger charge is -2.41. The molecule has 0 radical (unpaired) electrons. The summed E-state index contributed by atoms with van der Waals surface area (Å²) in [5.74, 6) is 3.40. The first-order chi connectivity index (χ1) is 15.2. The van der Waals surface area contributed by atoms with Crippen LogP contribution in [0.15, 0.2) is 24.3 Å². The molecule has 0 N–H and O–H groups in total. The highest BCUT2D eigenvalue weighted by Gasteiger charge is 2.38. The Kier molecular flexibility index (Phi) is 10.4. The largest absolute Gasteiger partial charge is 0.426 e. The van der Waals surface area contributed by atoms with Gasteiger partial charge in [0, 0.05) is 0 Å². The van der Waals surface area contributed by atoms with Crippen molar-refractivity contribution in [3.05, 3.63) is 29.8 Å². The van der Waals surface area contributed by atoms with E-state index in [-0.39, 0.29) is 11.9 Å². The fraction of sp³-hybridized carbons (Fsp3) is 0.759. The number of carbonyl (C=O) groups excluding carboxylic acids is 1. The second-order valence-corrected chi connectivity index (χ2v) is 10.4. The van der Waals surface area contributed by atoms with E-state index in [1.165, 1.54) is 89.0 Å². The summed E-state index contributed by atoms with van der Waals surface area (Å²) < 4.78 is 5.78. The first-order valence-corrected chi connectivity index (χ1v) is 13.5. The molecule has 2 fully saturated rings. The average molecular weight is 427 g/mol. The molecule has 2 aliphatic rings. The monoisotopic (exact) mass is 426 g/mol. The summed E-state index contributed by atoms with van der Waals surface area (Å²) in [6, 6.07) is 8.21. The van der Waals surface area contributed by atoms with Crippen LogP contribution in [0.5, 0.6) is 5.75 Å². The minimum atomic E-state index is 0.00947. The van der Waals surface area contributed by atoms with Crippen LogP contribution in [-0.4, -0.2) is 5.97 Å². The highest BCUT2D eigenvalue weighted by atomic mass is 16.5. The number of esters is 1. The molecule has 2 heteroatoms. The number of hydrogen-bond donors (Lipinski definition) is 0.